The van der Waals surface area contributed by atoms with Crippen LogP contribution < -0.4 is 10.5 Å². The van der Waals surface area contributed by atoms with E-state index in [4.69, 9.17) is 10.5 Å². The number of primary amides is 1. The molecule has 2 N–H and O–H groups in total. The highest BCUT2D eigenvalue weighted by atomic mass is 16.5. The third-order valence-electron chi connectivity index (χ3n) is 2.16. The molecule has 2 aromatic rings. The number of carbonyl (C=O) groups is 2. The Balaban J connectivity index is 2.49. The van der Waals surface area contributed by atoms with Gasteiger partial charge in [-0.25, -0.2) is 4.79 Å². The van der Waals surface area contributed by atoms with Gasteiger partial charge in [0, 0.05) is 18.5 Å². The second kappa shape index (κ2) is 3.69. The molecule has 0 aliphatic carbocycles. The predicted molar refractivity (Wildman–Crippen MR) is 58.2 cm³/mol. The molecule has 1 aromatic heterocycles. The molecule has 0 aliphatic rings. The Morgan fingerprint density at radius 3 is 2.69 bits per heavy atom. The van der Waals surface area contributed by atoms with Crippen LogP contribution in [0.25, 0.3) is 10.9 Å². The second-order valence-electron chi connectivity index (χ2n) is 3.34. The number of esters is 1. The van der Waals surface area contributed by atoms with Gasteiger partial charge >= 0.3 is 12.0 Å². The minimum absolute atomic E-state index is 0.381. The first kappa shape index (κ1) is 10.2. The molecule has 82 valence electrons. The van der Waals surface area contributed by atoms with E-state index in [1.807, 2.05) is 0 Å². The van der Waals surface area contributed by atoms with E-state index in [9.17, 15) is 9.59 Å². The van der Waals surface area contributed by atoms with Crippen LogP contribution in [0.15, 0.2) is 30.5 Å². The lowest BCUT2D eigenvalue weighted by Gasteiger charge is -2.02. The van der Waals surface area contributed by atoms with Crippen LogP contribution in [0.2, 0.25) is 0 Å². The summed E-state index contributed by atoms with van der Waals surface area (Å²) in [6.07, 6.45) is 1.57. The van der Waals surface area contributed by atoms with Crippen molar-refractivity contribution in [1.29, 1.82) is 0 Å². The molecule has 1 amide bonds. The van der Waals surface area contributed by atoms with Gasteiger partial charge in [-0.1, -0.05) is 0 Å². The Hall–Kier alpha value is -2.30. The van der Waals surface area contributed by atoms with Crippen molar-refractivity contribution in [3.8, 4) is 5.75 Å². The summed E-state index contributed by atoms with van der Waals surface area (Å²) < 4.78 is 6.25. The van der Waals surface area contributed by atoms with Gasteiger partial charge in [0.05, 0.1) is 5.52 Å². The number of nitrogens with zero attached hydrogens (tertiary/aromatic N) is 1. The minimum Gasteiger partial charge on any atom is -0.427 e. The zero-order valence-electron chi connectivity index (χ0n) is 8.64. The molecular formula is C11H10N2O3. The Bertz CT molecular complexity index is 572. The highest BCUT2D eigenvalue weighted by Crippen LogP contribution is 2.21. The first-order chi connectivity index (χ1) is 7.58. The summed E-state index contributed by atoms with van der Waals surface area (Å²) in [5, 5.41) is 0.789. The summed E-state index contributed by atoms with van der Waals surface area (Å²) >= 11 is 0. The van der Waals surface area contributed by atoms with Gasteiger partial charge in [0.1, 0.15) is 5.75 Å². The van der Waals surface area contributed by atoms with Gasteiger partial charge in [0.2, 0.25) is 0 Å². The van der Waals surface area contributed by atoms with E-state index in [0.717, 1.165) is 5.39 Å². The highest BCUT2D eigenvalue weighted by molar-refractivity contribution is 5.91. The number of ether oxygens (including phenoxy) is 1. The molecule has 1 heterocycles. The normalized spacial score (nSPS) is 10.3. The van der Waals surface area contributed by atoms with Crippen LogP contribution in [0.5, 0.6) is 5.75 Å². The van der Waals surface area contributed by atoms with Gasteiger partial charge < -0.3 is 10.5 Å². The maximum Gasteiger partial charge on any atom is 0.323 e. The van der Waals surface area contributed by atoms with E-state index in [-0.39, 0.29) is 5.97 Å². The summed E-state index contributed by atoms with van der Waals surface area (Å²) in [6.45, 7) is 1.33. The molecule has 0 bridgehead atoms. The van der Waals surface area contributed by atoms with E-state index >= 15 is 0 Å². The summed E-state index contributed by atoms with van der Waals surface area (Å²) in [4.78, 5) is 21.8. The highest BCUT2D eigenvalue weighted by Gasteiger charge is 2.06. The van der Waals surface area contributed by atoms with Crippen molar-refractivity contribution in [1.82, 2.24) is 4.57 Å². The van der Waals surface area contributed by atoms with Crippen LogP contribution >= 0.6 is 0 Å². The number of nitrogens with two attached hydrogens (primary N) is 1. The van der Waals surface area contributed by atoms with E-state index in [0.29, 0.717) is 11.3 Å². The SMILES string of the molecule is CC(=O)Oc1ccc2c(ccn2C(N)=O)c1. The first-order valence-electron chi connectivity index (χ1n) is 4.67. The number of hydrogen-bond acceptors (Lipinski definition) is 3. The average Bonchev–Trinajstić information content (AvgIpc) is 2.59. The van der Waals surface area contributed by atoms with Crippen molar-refractivity contribution in [3.05, 3.63) is 30.5 Å². The van der Waals surface area contributed by atoms with E-state index in [1.165, 1.54) is 11.5 Å². The Morgan fingerprint density at radius 1 is 1.31 bits per heavy atom. The van der Waals surface area contributed by atoms with Gasteiger partial charge in [0.25, 0.3) is 0 Å². The van der Waals surface area contributed by atoms with Crippen molar-refractivity contribution in [2.75, 3.05) is 0 Å². The lowest BCUT2D eigenvalue weighted by molar-refractivity contribution is -0.131. The first-order valence-corrected chi connectivity index (χ1v) is 4.67. The van der Waals surface area contributed by atoms with Crippen LogP contribution in [-0.2, 0) is 4.79 Å². The molecule has 5 heteroatoms. The molecule has 0 saturated heterocycles. The molecule has 5 nitrogen and oxygen atoms in total. The zero-order chi connectivity index (χ0) is 11.7. The molecule has 2 rings (SSSR count). The van der Waals surface area contributed by atoms with Crippen molar-refractivity contribution in [2.24, 2.45) is 5.73 Å². The van der Waals surface area contributed by atoms with Gasteiger partial charge in [0.15, 0.2) is 0 Å². The third-order valence-corrected chi connectivity index (χ3v) is 2.16. The monoisotopic (exact) mass is 218 g/mol. The standard InChI is InChI=1S/C11H10N2O3/c1-7(14)16-9-2-3-10-8(6-9)4-5-13(10)11(12)15/h2-6H,1H3,(H2,12,15). The van der Waals surface area contributed by atoms with E-state index in [2.05, 4.69) is 0 Å². The maximum atomic E-state index is 11.0. The number of aromatic nitrogens is 1. The molecule has 0 saturated carbocycles. The molecule has 0 spiro atoms. The molecule has 0 aliphatic heterocycles. The minimum atomic E-state index is -0.546. The molecule has 0 atom stereocenters. The third kappa shape index (κ3) is 1.75. The van der Waals surface area contributed by atoms with Crippen molar-refractivity contribution < 1.29 is 14.3 Å². The van der Waals surface area contributed by atoms with Gasteiger partial charge in [-0.05, 0) is 24.3 Å². The lowest BCUT2D eigenvalue weighted by atomic mass is 10.2. The van der Waals surface area contributed by atoms with E-state index < -0.39 is 6.03 Å². The second-order valence-corrected chi connectivity index (χ2v) is 3.34. The largest absolute Gasteiger partial charge is 0.427 e. The summed E-state index contributed by atoms with van der Waals surface area (Å²) in [6, 6.07) is 6.15. The Labute approximate surface area is 91.4 Å². The number of hydrogen-bond donors (Lipinski definition) is 1. The van der Waals surface area contributed by atoms with Crippen LogP contribution in [0.1, 0.15) is 6.92 Å². The van der Waals surface area contributed by atoms with E-state index in [1.54, 1.807) is 30.5 Å². The summed E-state index contributed by atoms with van der Waals surface area (Å²) in [5.74, 6) is 0.0657. The number of fused-ring (bicyclic) bond motifs is 1. The van der Waals surface area contributed by atoms with Crippen LogP contribution in [-0.4, -0.2) is 16.6 Å². The van der Waals surface area contributed by atoms with Gasteiger partial charge in [-0.3, -0.25) is 9.36 Å². The lowest BCUT2D eigenvalue weighted by Crippen LogP contribution is -2.17. The molecule has 16 heavy (non-hydrogen) atoms. The van der Waals surface area contributed by atoms with Gasteiger partial charge in [-0.15, -0.1) is 0 Å². The number of amides is 1. The van der Waals surface area contributed by atoms with Crippen LogP contribution in [0.3, 0.4) is 0 Å². The van der Waals surface area contributed by atoms with Crippen LogP contribution in [0, 0.1) is 0 Å². The number of benzene rings is 1. The Kier molecular flexibility index (Phi) is 2.36. The zero-order valence-corrected chi connectivity index (χ0v) is 8.64. The maximum absolute atomic E-state index is 11.0. The molecule has 1 aromatic carbocycles. The average molecular weight is 218 g/mol. The smallest absolute Gasteiger partial charge is 0.323 e. The van der Waals surface area contributed by atoms with Crippen LogP contribution in [0.4, 0.5) is 4.79 Å². The topological polar surface area (TPSA) is 74.3 Å². The molecule has 0 unspecified atom stereocenters. The summed E-state index contributed by atoms with van der Waals surface area (Å²) in [5.41, 5.74) is 5.87. The predicted octanol–water partition coefficient (Wildman–Crippen LogP) is 1.49. The number of rotatable bonds is 1. The summed E-state index contributed by atoms with van der Waals surface area (Å²) in [7, 11) is 0. The molecule has 0 fully saturated rings. The Morgan fingerprint density at radius 2 is 2.06 bits per heavy atom. The quantitative estimate of drug-likeness (QED) is 0.582. The fourth-order valence-electron chi connectivity index (χ4n) is 1.54. The molecule has 0 radical (unpaired) electrons. The fraction of sp³-hybridized carbons (Fsp3) is 0.0909. The van der Waals surface area contributed by atoms with Crippen molar-refractivity contribution in [3.63, 3.8) is 0 Å². The van der Waals surface area contributed by atoms with Crippen molar-refractivity contribution >= 4 is 22.9 Å². The van der Waals surface area contributed by atoms with Crippen molar-refractivity contribution in [2.45, 2.75) is 6.92 Å². The fourth-order valence-corrected chi connectivity index (χ4v) is 1.54. The van der Waals surface area contributed by atoms with Gasteiger partial charge in [-0.2, -0.15) is 0 Å². The molecular weight excluding hydrogens is 208 g/mol. The number of carbonyl (C=O) groups excluding carboxylic acids is 2.